The Morgan fingerprint density at radius 2 is 1.59 bits per heavy atom. The molecular formula is C43H60N2O11. The predicted molar refractivity (Wildman–Crippen MR) is 215 cm³/mol. The summed E-state index contributed by atoms with van der Waals surface area (Å²) in [4.78, 5) is 42.5. The Bertz CT molecular complexity index is 1880. The number of methoxy groups -OCH3 is 1. The smallest absolute Gasteiger partial charge is 0.312 e. The summed E-state index contributed by atoms with van der Waals surface area (Å²) in [6, 6.07) is 1.61. The maximum atomic E-state index is 14.6. The lowest BCUT2D eigenvalue weighted by Gasteiger charge is -2.38. The number of benzene rings is 2. The molecule has 0 unspecified atom stereocenters. The van der Waals surface area contributed by atoms with Gasteiger partial charge in [0.15, 0.2) is 5.75 Å². The van der Waals surface area contributed by atoms with Crippen molar-refractivity contribution in [1.82, 2.24) is 0 Å². The summed E-state index contributed by atoms with van der Waals surface area (Å²) in [5, 5.41) is 49.3. The molecule has 0 aromatic heterocycles. The molecule has 0 saturated heterocycles. The average molecular weight is 781 g/mol. The number of phenols is 2. The first-order valence-electron chi connectivity index (χ1n) is 19.5. The third-order valence-corrected chi connectivity index (χ3v) is 11.2. The molecular weight excluding hydrogens is 720 g/mol. The van der Waals surface area contributed by atoms with Gasteiger partial charge in [-0.15, -0.1) is 0 Å². The van der Waals surface area contributed by atoms with E-state index in [0.717, 1.165) is 12.8 Å². The zero-order valence-electron chi connectivity index (χ0n) is 34.5. The molecule has 3 aliphatic heterocycles. The van der Waals surface area contributed by atoms with Crippen LogP contribution in [0.25, 0.3) is 10.8 Å². The fourth-order valence-corrected chi connectivity index (χ4v) is 7.79. The minimum atomic E-state index is -1.91. The van der Waals surface area contributed by atoms with E-state index in [0.29, 0.717) is 18.8 Å². The number of allylic oxidation sites excluding steroid dienone is 2. The molecule has 0 saturated carbocycles. The van der Waals surface area contributed by atoms with Gasteiger partial charge >= 0.3 is 11.8 Å². The Hall–Kier alpha value is -4.59. The average Bonchev–Trinajstić information content (AvgIpc) is 3.42. The Balaban J connectivity index is 1.98. The van der Waals surface area contributed by atoms with Crippen LogP contribution in [-0.4, -0.2) is 88.5 Å². The van der Waals surface area contributed by atoms with Crippen LogP contribution in [0.3, 0.4) is 0 Å². The third kappa shape index (κ3) is 8.69. The van der Waals surface area contributed by atoms with Crippen molar-refractivity contribution in [3.05, 3.63) is 53.3 Å². The second kappa shape index (κ2) is 18.1. The summed E-state index contributed by atoms with van der Waals surface area (Å²) >= 11 is 0. The first kappa shape index (κ1) is 44.1. The van der Waals surface area contributed by atoms with Crippen LogP contribution in [0.5, 0.6) is 17.2 Å². The van der Waals surface area contributed by atoms with Crippen molar-refractivity contribution < 1.29 is 53.8 Å². The summed E-state index contributed by atoms with van der Waals surface area (Å²) < 4.78 is 23.9. The number of aliphatic hydroxyl groups excluding tert-OH is 2. The number of rotatable bonds is 7. The number of anilines is 2. The van der Waals surface area contributed by atoms with E-state index in [-0.39, 0.29) is 44.7 Å². The summed E-state index contributed by atoms with van der Waals surface area (Å²) in [6.45, 7) is 18.1. The van der Waals surface area contributed by atoms with Gasteiger partial charge in [-0.05, 0) is 38.8 Å². The number of aliphatic hydroxyl groups is 2. The second-order valence-corrected chi connectivity index (χ2v) is 15.4. The van der Waals surface area contributed by atoms with Crippen LogP contribution >= 0.6 is 0 Å². The van der Waals surface area contributed by atoms with Gasteiger partial charge in [-0.2, -0.15) is 0 Å². The molecule has 56 heavy (non-hydrogen) atoms. The van der Waals surface area contributed by atoms with E-state index in [4.69, 9.17) is 18.9 Å². The van der Waals surface area contributed by atoms with Crippen LogP contribution < -0.4 is 15.0 Å². The minimum absolute atomic E-state index is 0.0167. The summed E-state index contributed by atoms with van der Waals surface area (Å²) in [6.07, 6.45) is 5.55. The highest BCUT2D eigenvalue weighted by Crippen LogP contribution is 2.54. The number of esters is 1. The van der Waals surface area contributed by atoms with Crippen LogP contribution in [0, 0.1) is 30.6 Å². The maximum Gasteiger partial charge on any atom is 0.312 e. The zero-order chi connectivity index (χ0) is 41.8. The molecule has 308 valence electrons. The number of carbonyl (C=O) groups excluding carboxylic acids is 3. The van der Waals surface area contributed by atoms with Crippen molar-refractivity contribution >= 4 is 39.8 Å². The van der Waals surface area contributed by atoms with Crippen molar-refractivity contribution in [2.75, 3.05) is 30.4 Å². The molecule has 3 heterocycles. The molecule has 0 fully saturated rings. The van der Waals surface area contributed by atoms with Gasteiger partial charge in [0, 0.05) is 79.9 Å². The van der Waals surface area contributed by atoms with Gasteiger partial charge < -0.3 is 49.6 Å². The molecule has 1 amide bonds. The molecule has 13 nitrogen and oxygen atoms in total. The standard InChI is InChI=1S/C43H60N2O11/c1-12-18-45(19-13-2)30-21-29-38(50)33-32(30)34-40(27(8)37(33)49)56-43(10,41(34)51)54-20-17-31(53-11)24(5)39(55-28(9)46)26(7)36(48)25(6)35(47)22(3)15-14-16-23(4)42(52)44-29/h14-17,20-22,24-26,31,35-36,39,47-50H,12-13,18-19H2,1-11H3,(H,44,52)/b15-14+,20-17+,23-16-/t22-,24-,25-,26-,31+,35-,36+,39-,43+/m1/s1. The number of nitrogens with zero attached hydrogens (tertiary/aromatic N) is 1. The molecule has 5 rings (SSSR count). The largest absolute Gasteiger partial charge is 0.507 e. The van der Waals surface area contributed by atoms with Crippen LogP contribution in [-0.2, 0) is 23.8 Å². The van der Waals surface area contributed by atoms with Gasteiger partial charge in [-0.1, -0.05) is 59.8 Å². The van der Waals surface area contributed by atoms with Crippen molar-refractivity contribution in [2.24, 2.45) is 23.7 Å². The fourth-order valence-electron chi connectivity index (χ4n) is 7.79. The number of ketones is 1. The Kier molecular flexibility index (Phi) is 14.3. The summed E-state index contributed by atoms with van der Waals surface area (Å²) in [5.41, 5.74) is 1.13. The predicted octanol–water partition coefficient (Wildman–Crippen LogP) is 6.67. The van der Waals surface area contributed by atoms with Gasteiger partial charge in [-0.3, -0.25) is 14.4 Å². The highest BCUT2D eigenvalue weighted by molar-refractivity contribution is 6.23. The number of Topliss-reactive ketones (excluding diaryl/α,β-unsaturated/α-hetero) is 1. The maximum absolute atomic E-state index is 14.6. The van der Waals surface area contributed by atoms with Crippen LogP contribution in [0.15, 0.2) is 42.2 Å². The number of fused-ring (bicyclic) bond motifs is 14. The second-order valence-electron chi connectivity index (χ2n) is 15.4. The zero-order valence-corrected chi connectivity index (χ0v) is 34.5. The van der Waals surface area contributed by atoms with Crippen LogP contribution in [0.4, 0.5) is 11.4 Å². The van der Waals surface area contributed by atoms with E-state index in [1.165, 1.54) is 27.2 Å². The number of nitrogens with one attached hydrogen (secondary N) is 1. The van der Waals surface area contributed by atoms with E-state index in [1.54, 1.807) is 71.9 Å². The quantitative estimate of drug-likeness (QED) is 0.149. The number of aromatic hydroxyl groups is 2. The van der Waals surface area contributed by atoms with Crippen LogP contribution in [0.2, 0.25) is 0 Å². The van der Waals surface area contributed by atoms with E-state index < -0.39 is 77.3 Å². The van der Waals surface area contributed by atoms with Gasteiger partial charge in [0.05, 0.1) is 41.2 Å². The van der Waals surface area contributed by atoms with Gasteiger partial charge in [-0.25, -0.2) is 0 Å². The molecule has 2 aromatic carbocycles. The number of hydrogen-bond donors (Lipinski definition) is 5. The number of amides is 1. The summed E-state index contributed by atoms with van der Waals surface area (Å²) in [7, 11) is 1.47. The first-order valence-corrected chi connectivity index (χ1v) is 19.5. The first-order chi connectivity index (χ1) is 26.3. The lowest BCUT2D eigenvalue weighted by atomic mass is 9.78. The molecule has 0 spiro atoms. The van der Waals surface area contributed by atoms with Gasteiger partial charge in [0.2, 0.25) is 0 Å². The highest BCUT2D eigenvalue weighted by Gasteiger charge is 2.49. The van der Waals surface area contributed by atoms with E-state index in [9.17, 15) is 34.8 Å². The summed E-state index contributed by atoms with van der Waals surface area (Å²) in [5.74, 6) is -6.52. The topological polar surface area (TPSA) is 184 Å². The number of phenolic OH excluding ortho intramolecular Hbond substituents is 2. The highest BCUT2D eigenvalue weighted by atomic mass is 16.7. The normalized spacial score (nSPS) is 30.9. The molecule has 13 heteroatoms. The lowest BCUT2D eigenvalue weighted by Crippen LogP contribution is -2.46. The van der Waals surface area contributed by atoms with Gasteiger partial charge in [0.1, 0.15) is 17.6 Å². The molecule has 5 N–H and O–H groups in total. The number of carbonyl (C=O) groups is 3. The van der Waals surface area contributed by atoms with Gasteiger partial charge in [0.25, 0.3) is 11.7 Å². The van der Waals surface area contributed by atoms with E-state index >= 15 is 0 Å². The Morgan fingerprint density at radius 3 is 2.18 bits per heavy atom. The van der Waals surface area contributed by atoms with Crippen LogP contribution in [0.1, 0.15) is 91.1 Å². The minimum Gasteiger partial charge on any atom is -0.507 e. The van der Waals surface area contributed by atoms with Crippen molar-refractivity contribution in [1.29, 1.82) is 0 Å². The molecule has 0 aliphatic carbocycles. The molecule has 5 bridgehead atoms. The molecule has 3 aliphatic rings. The number of ether oxygens (including phenoxy) is 4. The van der Waals surface area contributed by atoms with E-state index in [2.05, 4.69) is 5.32 Å². The van der Waals surface area contributed by atoms with Crippen molar-refractivity contribution in [3.8, 4) is 17.2 Å². The Labute approximate surface area is 330 Å². The lowest BCUT2D eigenvalue weighted by molar-refractivity contribution is -0.160. The number of hydrogen-bond acceptors (Lipinski definition) is 12. The fraction of sp³-hybridized carbons (Fsp3) is 0.558. The monoisotopic (exact) mass is 780 g/mol. The molecule has 2 aromatic rings. The third-order valence-electron chi connectivity index (χ3n) is 11.2. The van der Waals surface area contributed by atoms with Crippen molar-refractivity contribution in [3.63, 3.8) is 0 Å². The SMILES string of the molecule is CCCN(CCC)c1cc2c(O)c3c(O)c(C)c4c(c13)C(=O)[C@@](C)(O/C=C/[C@H](OC)[C@@H](C)[C@@H](OC(C)=O)[C@H](C)[C@@H](O)[C@H](C)[C@H](O)[C@H](C)/C=C/C=C(/C)C(=O)N2)O4. The van der Waals surface area contributed by atoms with E-state index in [1.807, 2.05) is 18.7 Å². The van der Waals surface area contributed by atoms with Crippen molar-refractivity contribution in [2.45, 2.75) is 112 Å². The molecule has 9 atom stereocenters. The Morgan fingerprint density at radius 1 is 0.946 bits per heavy atom. The molecule has 0 radical (unpaired) electrons.